The van der Waals surface area contributed by atoms with Gasteiger partial charge in [-0.25, -0.2) is 0 Å². The molecule has 1 aromatic carbocycles. The highest BCUT2D eigenvalue weighted by molar-refractivity contribution is 9.10. The van der Waals surface area contributed by atoms with Crippen molar-refractivity contribution in [3.63, 3.8) is 0 Å². The minimum absolute atomic E-state index is 0.0601. The van der Waals surface area contributed by atoms with Crippen LogP contribution in [-0.4, -0.2) is 38.8 Å². The largest absolute Gasteiger partial charge is 0.378 e. The zero-order valence-electron chi connectivity index (χ0n) is 10.7. The fraction of sp³-hybridized carbons (Fsp3) is 0.462. The van der Waals surface area contributed by atoms with Crippen LogP contribution < -0.4 is 16.0 Å². The fourth-order valence-corrected chi connectivity index (χ4v) is 2.39. The first-order chi connectivity index (χ1) is 9.20. The molecule has 6 heteroatoms. The highest BCUT2D eigenvalue weighted by atomic mass is 79.9. The number of ether oxygens (including phenoxy) is 1. The molecule has 0 aliphatic carbocycles. The number of morpholine rings is 1. The first kappa shape index (κ1) is 14.3. The van der Waals surface area contributed by atoms with E-state index in [1.165, 1.54) is 0 Å². The Bertz CT molecular complexity index is 448. The van der Waals surface area contributed by atoms with Crippen molar-refractivity contribution < 1.29 is 9.53 Å². The average molecular weight is 328 g/mol. The molecule has 0 atom stereocenters. The van der Waals surface area contributed by atoms with Gasteiger partial charge in [0.2, 0.25) is 5.91 Å². The molecular formula is C13H18BrN3O2. The van der Waals surface area contributed by atoms with Crippen LogP contribution in [0.3, 0.4) is 0 Å². The Morgan fingerprint density at radius 3 is 2.84 bits per heavy atom. The molecule has 0 radical (unpaired) electrons. The van der Waals surface area contributed by atoms with E-state index in [1.807, 2.05) is 18.2 Å². The van der Waals surface area contributed by atoms with Crippen LogP contribution in [0.25, 0.3) is 0 Å². The third kappa shape index (κ3) is 3.92. The summed E-state index contributed by atoms with van der Waals surface area (Å²) in [4.78, 5) is 13.9. The number of nitrogens with two attached hydrogens (primary N) is 1. The molecule has 1 aliphatic rings. The first-order valence-corrected chi connectivity index (χ1v) is 7.12. The smallest absolute Gasteiger partial charge is 0.225 e. The molecule has 2 rings (SSSR count). The maximum absolute atomic E-state index is 11.7. The van der Waals surface area contributed by atoms with E-state index in [9.17, 15) is 4.79 Å². The fourth-order valence-electron chi connectivity index (χ4n) is 2.03. The van der Waals surface area contributed by atoms with Crippen LogP contribution in [0.1, 0.15) is 6.42 Å². The van der Waals surface area contributed by atoms with Crippen molar-refractivity contribution in [3.05, 3.63) is 22.7 Å². The molecule has 3 N–H and O–H groups in total. The van der Waals surface area contributed by atoms with E-state index in [0.29, 0.717) is 26.2 Å². The lowest BCUT2D eigenvalue weighted by Gasteiger charge is -2.30. The molecule has 1 heterocycles. The van der Waals surface area contributed by atoms with Gasteiger partial charge in [0.25, 0.3) is 0 Å². The number of nitrogens with one attached hydrogen (secondary N) is 1. The predicted octanol–water partition coefficient (Wildman–Crippen LogP) is 1.57. The average Bonchev–Trinajstić information content (AvgIpc) is 2.40. The van der Waals surface area contributed by atoms with E-state index in [-0.39, 0.29) is 5.91 Å². The molecule has 0 unspecified atom stereocenters. The summed E-state index contributed by atoms with van der Waals surface area (Å²) < 4.78 is 6.29. The number of benzene rings is 1. The Kier molecular flexibility index (Phi) is 5.18. The van der Waals surface area contributed by atoms with E-state index in [4.69, 9.17) is 10.5 Å². The van der Waals surface area contributed by atoms with Gasteiger partial charge in [-0.15, -0.1) is 0 Å². The van der Waals surface area contributed by atoms with Gasteiger partial charge in [-0.2, -0.15) is 0 Å². The summed E-state index contributed by atoms with van der Waals surface area (Å²) in [5.41, 5.74) is 7.24. The zero-order valence-corrected chi connectivity index (χ0v) is 12.3. The number of amides is 1. The maximum Gasteiger partial charge on any atom is 0.225 e. The highest BCUT2D eigenvalue weighted by Gasteiger charge is 2.16. The van der Waals surface area contributed by atoms with Crippen molar-refractivity contribution >= 4 is 33.2 Å². The molecule has 1 amide bonds. The number of halogens is 1. The van der Waals surface area contributed by atoms with E-state index in [2.05, 4.69) is 26.1 Å². The zero-order chi connectivity index (χ0) is 13.7. The van der Waals surface area contributed by atoms with Crippen molar-refractivity contribution in [2.24, 2.45) is 5.73 Å². The number of rotatable bonds is 4. The summed E-state index contributed by atoms with van der Waals surface area (Å²) in [7, 11) is 0. The lowest BCUT2D eigenvalue weighted by molar-refractivity contribution is -0.116. The van der Waals surface area contributed by atoms with E-state index >= 15 is 0 Å². The van der Waals surface area contributed by atoms with Crippen LogP contribution in [0.15, 0.2) is 22.7 Å². The Balaban J connectivity index is 2.19. The predicted molar refractivity (Wildman–Crippen MR) is 79.5 cm³/mol. The molecule has 104 valence electrons. The Morgan fingerprint density at radius 2 is 2.16 bits per heavy atom. The second-order valence-electron chi connectivity index (χ2n) is 4.35. The molecule has 1 saturated heterocycles. The first-order valence-electron chi connectivity index (χ1n) is 6.33. The van der Waals surface area contributed by atoms with Crippen molar-refractivity contribution in [2.75, 3.05) is 43.1 Å². The maximum atomic E-state index is 11.7. The van der Waals surface area contributed by atoms with Gasteiger partial charge in [-0.1, -0.05) is 15.9 Å². The van der Waals surface area contributed by atoms with Crippen LogP contribution in [-0.2, 0) is 9.53 Å². The van der Waals surface area contributed by atoms with Gasteiger partial charge in [0.05, 0.1) is 24.6 Å². The molecule has 5 nitrogen and oxygen atoms in total. The SMILES string of the molecule is NCCC(=O)Nc1cc(Br)ccc1N1CCOCC1. The van der Waals surface area contributed by atoms with Gasteiger partial charge < -0.3 is 20.7 Å². The minimum Gasteiger partial charge on any atom is -0.378 e. The molecule has 19 heavy (non-hydrogen) atoms. The molecular weight excluding hydrogens is 310 g/mol. The van der Waals surface area contributed by atoms with Crippen LogP contribution >= 0.6 is 15.9 Å². The third-order valence-corrected chi connectivity index (χ3v) is 3.45. The lowest BCUT2D eigenvalue weighted by atomic mass is 10.2. The summed E-state index contributed by atoms with van der Waals surface area (Å²) in [5, 5.41) is 2.92. The van der Waals surface area contributed by atoms with Crippen LogP contribution in [0, 0.1) is 0 Å². The molecule has 1 fully saturated rings. The van der Waals surface area contributed by atoms with Gasteiger partial charge in [0, 0.05) is 30.5 Å². The van der Waals surface area contributed by atoms with Crippen LogP contribution in [0.4, 0.5) is 11.4 Å². The monoisotopic (exact) mass is 327 g/mol. The van der Waals surface area contributed by atoms with Gasteiger partial charge in [-0.05, 0) is 18.2 Å². The van der Waals surface area contributed by atoms with E-state index in [1.54, 1.807) is 0 Å². The summed E-state index contributed by atoms with van der Waals surface area (Å²) >= 11 is 3.43. The topological polar surface area (TPSA) is 67.6 Å². The summed E-state index contributed by atoms with van der Waals surface area (Å²) in [6, 6.07) is 5.90. The third-order valence-electron chi connectivity index (χ3n) is 2.96. The van der Waals surface area contributed by atoms with Crippen molar-refractivity contribution in [1.82, 2.24) is 0 Å². The standard InChI is InChI=1S/C13H18BrN3O2/c14-10-1-2-12(17-5-7-19-8-6-17)11(9-10)16-13(18)3-4-15/h1-2,9H,3-8,15H2,(H,16,18). The summed E-state index contributed by atoms with van der Waals surface area (Å²) in [6.07, 6.45) is 0.328. The highest BCUT2D eigenvalue weighted by Crippen LogP contribution is 2.30. The van der Waals surface area contributed by atoms with Gasteiger partial charge >= 0.3 is 0 Å². The van der Waals surface area contributed by atoms with Crippen LogP contribution in [0.5, 0.6) is 0 Å². The Labute approximate surface area is 121 Å². The summed E-state index contributed by atoms with van der Waals surface area (Å²) in [5.74, 6) is -0.0601. The number of hydrogen-bond donors (Lipinski definition) is 2. The van der Waals surface area contributed by atoms with Gasteiger partial charge in [0.1, 0.15) is 0 Å². The van der Waals surface area contributed by atoms with Crippen molar-refractivity contribution in [1.29, 1.82) is 0 Å². The van der Waals surface area contributed by atoms with Gasteiger partial charge in [0.15, 0.2) is 0 Å². The lowest BCUT2D eigenvalue weighted by Crippen LogP contribution is -2.36. The Morgan fingerprint density at radius 1 is 1.42 bits per heavy atom. The van der Waals surface area contributed by atoms with Crippen molar-refractivity contribution in [3.8, 4) is 0 Å². The number of carbonyl (C=O) groups excluding carboxylic acids is 1. The molecule has 0 bridgehead atoms. The van der Waals surface area contributed by atoms with E-state index in [0.717, 1.165) is 28.9 Å². The number of hydrogen-bond acceptors (Lipinski definition) is 4. The normalized spacial score (nSPS) is 15.4. The second kappa shape index (κ2) is 6.88. The molecule has 1 aromatic rings. The quantitative estimate of drug-likeness (QED) is 0.880. The number of anilines is 2. The summed E-state index contributed by atoms with van der Waals surface area (Å²) in [6.45, 7) is 3.45. The second-order valence-corrected chi connectivity index (χ2v) is 5.26. The molecule has 0 aromatic heterocycles. The van der Waals surface area contributed by atoms with Crippen LogP contribution in [0.2, 0.25) is 0 Å². The molecule has 0 saturated carbocycles. The molecule has 0 spiro atoms. The van der Waals surface area contributed by atoms with Crippen molar-refractivity contribution in [2.45, 2.75) is 6.42 Å². The minimum atomic E-state index is -0.0601. The number of carbonyl (C=O) groups is 1. The molecule has 1 aliphatic heterocycles. The number of nitrogens with zero attached hydrogens (tertiary/aromatic N) is 1. The van der Waals surface area contributed by atoms with Gasteiger partial charge in [-0.3, -0.25) is 4.79 Å². The Hall–Kier alpha value is -1.11. The van der Waals surface area contributed by atoms with E-state index < -0.39 is 0 Å².